The lowest BCUT2D eigenvalue weighted by atomic mass is 10.2. The molecular formula is C22H16BrCl2N3O3. The van der Waals surface area contributed by atoms with Crippen LogP contribution in [-0.2, 0) is 4.79 Å². The molecule has 0 saturated heterocycles. The zero-order valence-corrected chi connectivity index (χ0v) is 19.0. The smallest absolute Gasteiger partial charge is 0.271 e. The minimum Gasteiger partial charge on any atom is -0.481 e. The number of ether oxygens (including phenoxy) is 1. The molecule has 3 aromatic carbocycles. The summed E-state index contributed by atoms with van der Waals surface area (Å²) in [6, 6.07) is 19.0. The first-order chi connectivity index (χ1) is 14.9. The Kier molecular flexibility index (Phi) is 8.06. The predicted molar refractivity (Wildman–Crippen MR) is 126 cm³/mol. The Morgan fingerprint density at radius 1 is 1.00 bits per heavy atom. The van der Waals surface area contributed by atoms with Crippen LogP contribution in [0.25, 0.3) is 0 Å². The van der Waals surface area contributed by atoms with Gasteiger partial charge in [-0.1, -0.05) is 57.3 Å². The summed E-state index contributed by atoms with van der Waals surface area (Å²) in [5, 5.41) is 7.04. The molecule has 158 valence electrons. The standard InChI is InChI=1S/C22H16BrCl2N3O3/c23-16-8-6-15(7-9-16)22(30)28-26-12-14-10-18(24)21(19(25)11-14)31-13-20(29)27-17-4-2-1-3-5-17/h1-12H,13H2,(H,27,29)(H,28,30)/b26-12+. The molecule has 2 amide bonds. The Hall–Kier alpha value is -2.87. The van der Waals surface area contributed by atoms with Gasteiger partial charge in [0, 0.05) is 15.7 Å². The van der Waals surface area contributed by atoms with E-state index in [0.29, 0.717) is 16.8 Å². The summed E-state index contributed by atoms with van der Waals surface area (Å²) in [5.74, 6) is -0.521. The fourth-order valence-corrected chi connectivity index (χ4v) is 3.36. The van der Waals surface area contributed by atoms with E-state index >= 15 is 0 Å². The number of anilines is 1. The average Bonchev–Trinajstić information content (AvgIpc) is 2.74. The van der Waals surface area contributed by atoms with Gasteiger partial charge in [0.25, 0.3) is 11.8 Å². The van der Waals surface area contributed by atoms with Crippen molar-refractivity contribution in [3.8, 4) is 5.75 Å². The lowest BCUT2D eigenvalue weighted by Gasteiger charge is -2.11. The van der Waals surface area contributed by atoms with Gasteiger partial charge in [0.2, 0.25) is 0 Å². The molecule has 0 aliphatic rings. The highest BCUT2D eigenvalue weighted by atomic mass is 79.9. The third-order valence-corrected chi connectivity index (χ3v) is 5.00. The average molecular weight is 521 g/mol. The summed E-state index contributed by atoms with van der Waals surface area (Å²) in [4.78, 5) is 24.1. The first kappa shape index (κ1) is 22.8. The van der Waals surface area contributed by atoms with E-state index in [2.05, 4.69) is 31.8 Å². The molecule has 0 saturated carbocycles. The highest BCUT2D eigenvalue weighted by molar-refractivity contribution is 9.10. The fraction of sp³-hybridized carbons (Fsp3) is 0.0455. The number of nitrogens with one attached hydrogen (secondary N) is 2. The number of carbonyl (C=O) groups excluding carboxylic acids is 2. The van der Waals surface area contributed by atoms with Crippen molar-refractivity contribution in [1.29, 1.82) is 0 Å². The molecule has 2 N–H and O–H groups in total. The van der Waals surface area contributed by atoms with Crippen LogP contribution in [0.1, 0.15) is 15.9 Å². The monoisotopic (exact) mass is 519 g/mol. The Morgan fingerprint density at radius 2 is 1.65 bits per heavy atom. The summed E-state index contributed by atoms with van der Waals surface area (Å²) in [7, 11) is 0. The highest BCUT2D eigenvalue weighted by Gasteiger charge is 2.12. The van der Waals surface area contributed by atoms with E-state index in [1.807, 2.05) is 18.2 Å². The van der Waals surface area contributed by atoms with Crippen LogP contribution in [0.3, 0.4) is 0 Å². The number of hydrogen-bond donors (Lipinski definition) is 2. The molecule has 0 atom stereocenters. The van der Waals surface area contributed by atoms with Crippen molar-refractivity contribution in [2.24, 2.45) is 5.10 Å². The Bertz CT molecular complexity index is 1080. The molecule has 0 bridgehead atoms. The molecule has 6 nitrogen and oxygen atoms in total. The molecule has 31 heavy (non-hydrogen) atoms. The summed E-state index contributed by atoms with van der Waals surface area (Å²) < 4.78 is 6.34. The van der Waals surface area contributed by atoms with Gasteiger partial charge in [-0.25, -0.2) is 5.43 Å². The minimum absolute atomic E-state index is 0.183. The zero-order chi connectivity index (χ0) is 22.2. The first-order valence-electron chi connectivity index (χ1n) is 8.98. The van der Waals surface area contributed by atoms with Crippen molar-refractivity contribution in [2.45, 2.75) is 0 Å². The molecule has 3 rings (SSSR count). The lowest BCUT2D eigenvalue weighted by Crippen LogP contribution is -2.20. The van der Waals surface area contributed by atoms with Crippen LogP contribution < -0.4 is 15.5 Å². The molecule has 0 spiro atoms. The third-order valence-electron chi connectivity index (χ3n) is 3.91. The van der Waals surface area contributed by atoms with Gasteiger partial charge in [0.15, 0.2) is 12.4 Å². The van der Waals surface area contributed by atoms with Gasteiger partial charge < -0.3 is 10.1 Å². The van der Waals surface area contributed by atoms with Crippen LogP contribution in [0.5, 0.6) is 5.75 Å². The van der Waals surface area contributed by atoms with Gasteiger partial charge in [-0.05, 0) is 54.1 Å². The van der Waals surface area contributed by atoms with Crippen molar-refractivity contribution in [2.75, 3.05) is 11.9 Å². The zero-order valence-electron chi connectivity index (χ0n) is 15.9. The van der Waals surface area contributed by atoms with Gasteiger partial charge >= 0.3 is 0 Å². The van der Waals surface area contributed by atoms with E-state index < -0.39 is 0 Å². The summed E-state index contributed by atoms with van der Waals surface area (Å²) in [5.41, 5.74) is 4.10. The predicted octanol–water partition coefficient (Wildman–Crippen LogP) is 5.54. The molecule has 0 aliphatic heterocycles. The maximum atomic E-state index is 12.1. The summed E-state index contributed by atoms with van der Waals surface area (Å²) >= 11 is 15.8. The quantitative estimate of drug-likeness (QED) is 0.317. The minimum atomic E-state index is -0.356. The highest BCUT2D eigenvalue weighted by Crippen LogP contribution is 2.33. The van der Waals surface area contributed by atoms with E-state index in [9.17, 15) is 9.59 Å². The van der Waals surface area contributed by atoms with Crippen molar-refractivity contribution in [3.05, 3.63) is 92.4 Å². The maximum absolute atomic E-state index is 12.1. The van der Waals surface area contributed by atoms with Crippen LogP contribution in [0.4, 0.5) is 5.69 Å². The number of nitrogens with zero attached hydrogens (tertiary/aromatic N) is 1. The molecule has 0 fully saturated rings. The fourth-order valence-electron chi connectivity index (χ4n) is 2.48. The van der Waals surface area contributed by atoms with Crippen molar-refractivity contribution >= 4 is 62.8 Å². The van der Waals surface area contributed by atoms with E-state index in [-0.39, 0.29) is 34.2 Å². The lowest BCUT2D eigenvalue weighted by molar-refractivity contribution is -0.118. The number of carbonyl (C=O) groups is 2. The van der Waals surface area contributed by atoms with Crippen LogP contribution >= 0.6 is 39.1 Å². The number of amides is 2. The molecule has 3 aromatic rings. The molecule has 9 heteroatoms. The Morgan fingerprint density at radius 3 is 2.29 bits per heavy atom. The Labute approximate surface area is 197 Å². The van der Waals surface area contributed by atoms with Crippen molar-refractivity contribution < 1.29 is 14.3 Å². The van der Waals surface area contributed by atoms with E-state index in [1.165, 1.54) is 6.21 Å². The SMILES string of the molecule is O=C(COc1c(Cl)cc(/C=N/NC(=O)c2ccc(Br)cc2)cc1Cl)Nc1ccccc1. The molecule has 0 aromatic heterocycles. The van der Waals surface area contributed by atoms with E-state index in [1.54, 1.807) is 48.5 Å². The first-order valence-corrected chi connectivity index (χ1v) is 10.5. The van der Waals surface area contributed by atoms with Crippen molar-refractivity contribution in [3.63, 3.8) is 0 Å². The molecule has 0 radical (unpaired) electrons. The van der Waals surface area contributed by atoms with Crippen LogP contribution in [0.15, 0.2) is 76.3 Å². The molecule has 0 heterocycles. The second-order valence-electron chi connectivity index (χ2n) is 6.22. The van der Waals surface area contributed by atoms with Gasteiger partial charge in [-0.2, -0.15) is 5.10 Å². The maximum Gasteiger partial charge on any atom is 0.271 e. The second kappa shape index (κ2) is 10.9. The van der Waals surface area contributed by atoms with Crippen LogP contribution in [0.2, 0.25) is 10.0 Å². The topological polar surface area (TPSA) is 79.8 Å². The molecule has 0 aliphatic carbocycles. The number of rotatable bonds is 7. The number of halogens is 3. The second-order valence-corrected chi connectivity index (χ2v) is 7.95. The third kappa shape index (κ3) is 6.82. The van der Waals surface area contributed by atoms with Crippen LogP contribution in [-0.4, -0.2) is 24.6 Å². The molecule has 0 unspecified atom stereocenters. The summed E-state index contributed by atoms with van der Waals surface area (Å²) in [6.45, 7) is -0.259. The number of hydrazone groups is 1. The number of benzene rings is 3. The normalized spacial score (nSPS) is 10.7. The number of hydrogen-bond acceptors (Lipinski definition) is 4. The van der Waals surface area contributed by atoms with Gasteiger partial charge in [-0.15, -0.1) is 0 Å². The van der Waals surface area contributed by atoms with Crippen LogP contribution in [0, 0.1) is 0 Å². The van der Waals surface area contributed by atoms with Gasteiger partial charge in [-0.3, -0.25) is 9.59 Å². The van der Waals surface area contributed by atoms with Crippen molar-refractivity contribution in [1.82, 2.24) is 5.43 Å². The number of para-hydroxylation sites is 1. The largest absolute Gasteiger partial charge is 0.481 e. The Balaban J connectivity index is 1.58. The molecular weight excluding hydrogens is 505 g/mol. The van der Waals surface area contributed by atoms with E-state index in [0.717, 1.165) is 4.47 Å². The summed E-state index contributed by atoms with van der Waals surface area (Å²) in [6.07, 6.45) is 1.40. The van der Waals surface area contributed by atoms with Gasteiger partial charge in [0.05, 0.1) is 16.3 Å². The van der Waals surface area contributed by atoms with Gasteiger partial charge in [0.1, 0.15) is 0 Å². The van der Waals surface area contributed by atoms with E-state index in [4.69, 9.17) is 27.9 Å².